The number of aromatic nitrogens is 2. The van der Waals surface area contributed by atoms with Gasteiger partial charge in [-0.2, -0.15) is 4.98 Å². The molecule has 2 aromatic carbocycles. The van der Waals surface area contributed by atoms with Crippen molar-refractivity contribution in [2.24, 2.45) is 0 Å². The van der Waals surface area contributed by atoms with E-state index in [1.165, 1.54) is 16.7 Å². The number of thiocarbonyl (C=S) groups is 1. The maximum Gasteiger partial charge on any atom is 0.265 e. The fraction of sp³-hybridized carbons (Fsp3) is 0.0455. The summed E-state index contributed by atoms with van der Waals surface area (Å²) in [5, 5.41) is 0. The molecule has 5 nitrogen and oxygen atoms in total. The molecule has 2 aromatic heterocycles. The number of hydrogen-bond donors (Lipinski definition) is 0. The summed E-state index contributed by atoms with van der Waals surface area (Å²) in [6.07, 6.45) is 1.84. The lowest BCUT2D eigenvalue weighted by molar-refractivity contribution is -0.121. The Morgan fingerprint density at radius 1 is 1.07 bits per heavy atom. The van der Waals surface area contributed by atoms with Gasteiger partial charge in [0.05, 0.1) is 10.6 Å². The molecular formula is C22H15N3O2S2. The zero-order valence-corrected chi connectivity index (χ0v) is 17.0. The van der Waals surface area contributed by atoms with Crippen molar-refractivity contribution >= 4 is 51.5 Å². The number of para-hydroxylation sites is 1. The van der Waals surface area contributed by atoms with Crippen molar-refractivity contribution in [3.8, 4) is 17.1 Å². The third-order valence-electron chi connectivity index (χ3n) is 4.68. The van der Waals surface area contributed by atoms with E-state index >= 15 is 0 Å². The fourth-order valence-electron chi connectivity index (χ4n) is 3.24. The van der Waals surface area contributed by atoms with Crippen LogP contribution in [0.3, 0.4) is 0 Å². The van der Waals surface area contributed by atoms with E-state index < -0.39 is 0 Å². The Bertz CT molecular complexity index is 1270. The van der Waals surface area contributed by atoms with E-state index in [1.54, 1.807) is 7.05 Å². The summed E-state index contributed by atoms with van der Waals surface area (Å²) in [7, 11) is 1.69. The van der Waals surface area contributed by atoms with Crippen molar-refractivity contribution < 1.29 is 9.21 Å². The molecule has 1 aliphatic heterocycles. The number of carbonyl (C=O) groups excluding carboxylic acids is 1. The Labute approximate surface area is 176 Å². The first-order chi connectivity index (χ1) is 14.1. The highest BCUT2D eigenvalue weighted by molar-refractivity contribution is 8.26. The Morgan fingerprint density at radius 3 is 2.41 bits per heavy atom. The molecule has 4 aromatic rings. The Kier molecular flexibility index (Phi) is 4.34. The van der Waals surface area contributed by atoms with Crippen LogP contribution in [0.2, 0.25) is 0 Å². The molecule has 3 heterocycles. The number of fused-ring (bicyclic) bond motifs is 1. The van der Waals surface area contributed by atoms with Crippen molar-refractivity contribution in [1.82, 2.24) is 14.5 Å². The molecule has 142 valence electrons. The lowest BCUT2D eigenvalue weighted by Gasteiger charge is -2.07. The maximum atomic E-state index is 12.5. The van der Waals surface area contributed by atoms with Gasteiger partial charge in [-0.05, 0) is 30.3 Å². The van der Waals surface area contributed by atoms with E-state index in [9.17, 15) is 4.79 Å². The number of carbonyl (C=O) groups is 1. The van der Waals surface area contributed by atoms with Gasteiger partial charge in [0.1, 0.15) is 4.32 Å². The van der Waals surface area contributed by atoms with Crippen molar-refractivity contribution in [2.45, 2.75) is 0 Å². The van der Waals surface area contributed by atoms with Gasteiger partial charge < -0.3 is 4.42 Å². The second kappa shape index (κ2) is 7.02. The third kappa shape index (κ3) is 3.08. The quantitative estimate of drug-likeness (QED) is 0.342. The first kappa shape index (κ1) is 17.9. The van der Waals surface area contributed by atoms with E-state index in [-0.39, 0.29) is 5.91 Å². The van der Waals surface area contributed by atoms with Crippen LogP contribution in [0, 0.1) is 0 Å². The monoisotopic (exact) mass is 417 g/mol. The number of nitrogens with zero attached hydrogens (tertiary/aromatic N) is 3. The molecular weight excluding hydrogens is 402 g/mol. The van der Waals surface area contributed by atoms with E-state index in [1.807, 2.05) is 77.4 Å². The molecule has 1 saturated heterocycles. The molecule has 0 saturated carbocycles. The molecule has 0 aliphatic carbocycles. The number of benzene rings is 2. The highest BCUT2D eigenvalue weighted by atomic mass is 32.2. The van der Waals surface area contributed by atoms with Gasteiger partial charge in [-0.15, -0.1) is 0 Å². The molecule has 0 spiro atoms. The van der Waals surface area contributed by atoms with Gasteiger partial charge >= 0.3 is 0 Å². The lowest BCUT2D eigenvalue weighted by atomic mass is 10.2. The van der Waals surface area contributed by atoms with E-state index in [2.05, 4.69) is 0 Å². The van der Waals surface area contributed by atoms with Gasteiger partial charge in [-0.1, -0.05) is 60.4 Å². The van der Waals surface area contributed by atoms with E-state index in [0.29, 0.717) is 26.3 Å². The molecule has 0 N–H and O–H groups in total. The maximum absolute atomic E-state index is 12.5. The van der Waals surface area contributed by atoms with Crippen molar-refractivity contribution in [3.05, 3.63) is 77.3 Å². The second-order valence-corrected chi connectivity index (χ2v) is 8.23. The normalized spacial score (nSPS) is 15.8. The smallest absolute Gasteiger partial charge is 0.265 e. The van der Waals surface area contributed by atoms with E-state index in [4.69, 9.17) is 21.6 Å². The lowest BCUT2D eigenvalue weighted by Crippen LogP contribution is -2.22. The van der Waals surface area contributed by atoms with Crippen LogP contribution >= 0.6 is 24.0 Å². The van der Waals surface area contributed by atoms with Crippen LogP contribution in [0.4, 0.5) is 0 Å². The average Bonchev–Trinajstić information content (AvgIpc) is 3.37. The Morgan fingerprint density at radius 2 is 1.76 bits per heavy atom. The fourth-order valence-corrected chi connectivity index (χ4v) is 4.40. The molecule has 1 aliphatic rings. The van der Waals surface area contributed by atoms with Crippen LogP contribution in [0.1, 0.15) is 5.69 Å². The summed E-state index contributed by atoms with van der Waals surface area (Å²) in [6.45, 7) is 0. The average molecular weight is 418 g/mol. The van der Waals surface area contributed by atoms with Crippen LogP contribution < -0.4 is 0 Å². The molecule has 0 radical (unpaired) electrons. The van der Waals surface area contributed by atoms with Crippen LogP contribution in [0.15, 0.2) is 76.1 Å². The van der Waals surface area contributed by atoms with E-state index in [0.717, 1.165) is 16.9 Å². The van der Waals surface area contributed by atoms with Crippen molar-refractivity contribution in [3.63, 3.8) is 0 Å². The van der Waals surface area contributed by atoms with Crippen molar-refractivity contribution in [2.75, 3.05) is 7.05 Å². The number of likely N-dealkylation sites (N-methyl/N-ethyl adjacent to an activating group) is 1. The largest absolute Gasteiger partial charge is 0.434 e. The van der Waals surface area contributed by atoms with Crippen molar-refractivity contribution in [1.29, 1.82) is 0 Å². The summed E-state index contributed by atoms with van der Waals surface area (Å²) in [5.74, 6) is 0.460. The molecule has 0 bridgehead atoms. The zero-order valence-electron chi connectivity index (χ0n) is 15.4. The SMILES string of the molecule is CN1C(=O)/C(=C\c2cc3oc(-c4ccccc4)nc3n2-c2ccccc2)SC1=S. The Hall–Kier alpha value is -3.16. The second-order valence-electron chi connectivity index (χ2n) is 6.55. The first-order valence-electron chi connectivity index (χ1n) is 8.96. The molecule has 7 heteroatoms. The molecule has 1 amide bonds. The van der Waals surface area contributed by atoms with Gasteiger partial charge in [0.15, 0.2) is 11.2 Å². The van der Waals surface area contributed by atoms with Crippen LogP contribution in [0.25, 0.3) is 34.4 Å². The van der Waals surface area contributed by atoms with Gasteiger partial charge in [0.25, 0.3) is 5.91 Å². The molecule has 29 heavy (non-hydrogen) atoms. The van der Waals surface area contributed by atoms with Crippen LogP contribution in [-0.4, -0.2) is 31.7 Å². The topological polar surface area (TPSA) is 51.3 Å². The van der Waals surface area contributed by atoms with Gasteiger partial charge in [0, 0.05) is 24.4 Å². The minimum atomic E-state index is -0.102. The summed E-state index contributed by atoms with van der Waals surface area (Å²) in [6, 6.07) is 21.6. The minimum absolute atomic E-state index is 0.102. The van der Waals surface area contributed by atoms with Gasteiger partial charge in [-0.25, -0.2) is 0 Å². The minimum Gasteiger partial charge on any atom is -0.434 e. The van der Waals surface area contributed by atoms with Gasteiger partial charge in [0.2, 0.25) is 5.89 Å². The molecule has 1 fully saturated rings. The first-order valence-corrected chi connectivity index (χ1v) is 10.2. The number of oxazole rings is 1. The summed E-state index contributed by atoms with van der Waals surface area (Å²) >= 11 is 6.54. The molecule has 0 atom stereocenters. The highest BCUT2D eigenvalue weighted by Crippen LogP contribution is 2.34. The predicted octanol–water partition coefficient (Wildman–Crippen LogP) is 5.12. The number of hydrogen-bond acceptors (Lipinski definition) is 5. The predicted molar refractivity (Wildman–Crippen MR) is 120 cm³/mol. The standard InChI is InChI=1S/C22H15N3O2S2/c1-24-21(26)18(29-22(24)28)13-16-12-17-19(25(16)15-10-6-3-7-11-15)23-20(27-17)14-8-4-2-5-9-14/h2-13H,1H3/b18-13+. The summed E-state index contributed by atoms with van der Waals surface area (Å²) in [4.78, 5) is 19.3. The molecule has 0 unspecified atom stereocenters. The number of amides is 1. The number of thioether (sulfide) groups is 1. The molecule has 5 rings (SSSR count). The third-order valence-corrected chi connectivity index (χ3v) is 6.17. The van der Waals surface area contributed by atoms with Crippen LogP contribution in [0.5, 0.6) is 0 Å². The van der Waals surface area contributed by atoms with Gasteiger partial charge in [-0.3, -0.25) is 14.3 Å². The van der Waals surface area contributed by atoms with Crippen LogP contribution in [-0.2, 0) is 4.79 Å². The highest BCUT2D eigenvalue weighted by Gasteiger charge is 2.29. The summed E-state index contributed by atoms with van der Waals surface area (Å²) < 4.78 is 8.58. The Balaban J connectivity index is 1.69. The number of rotatable bonds is 3. The zero-order chi connectivity index (χ0) is 20.0. The summed E-state index contributed by atoms with van der Waals surface area (Å²) in [5.41, 5.74) is 4.02.